The number of fused-ring (bicyclic) bond motifs is 1. The van der Waals surface area contributed by atoms with Gasteiger partial charge in [0.25, 0.3) is 0 Å². The first kappa shape index (κ1) is 19.6. The number of hydrogen-bond donors (Lipinski definition) is 1. The van der Waals surface area contributed by atoms with E-state index >= 15 is 0 Å². The summed E-state index contributed by atoms with van der Waals surface area (Å²) in [5, 5.41) is 6.79. The number of hydrogen-bond acceptors (Lipinski definition) is 5. The van der Waals surface area contributed by atoms with E-state index in [0.29, 0.717) is 6.42 Å². The minimum absolute atomic E-state index is 0.00801. The van der Waals surface area contributed by atoms with Crippen molar-refractivity contribution in [3.05, 3.63) is 71.9 Å². The number of aromatic nitrogens is 2. The molecule has 0 saturated heterocycles. The SMILES string of the molecule is CCC(Sc1ncnc2scc(-c3ccccc3)c12)C(=O)Nc1cccc(C)c1. The fourth-order valence-corrected chi connectivity index (χ4v) is 5.18. The first-order chi connectivity index (χ1) is 14.2. The second kappa shape index (κ2) is 8.76. The van der Waals surface area contributed by atoms with Gasteiger partial charge < -0.3 is 5.32 Å². The third kappa shape index (κ3) is 4.33. The number of anilines is 1. The molecule has 0 aliphatic carbocycles. The maximum atomic E-state index is 12.9. The van der Waals surface area contributed by atoms with Crippen molar-refractivity contribution >= 4 is 44.9 Å². The van der Waals surface area contributed by atoms with Gasteiger partial charge in [-0.25, -0.2) is 9.97 Å². The molecule has 1 unspecified atom stereocenters. The summed E-state index contributed by atoms with van der Waals surface area (Å²) in [4.78, 5) is 22.8. The van der Waals surface area contributed by atoms with Crippen LogP contribution in [-0.4, -0.2) is 21.1 Å². The Hall–Kier alpha value is -2.70. The largest absolute Gasteiger partial charge is 0.325 e. The molecular formula is C23H21N3OS2. The number of rotatable bonds is 6. The number of nitrogens with one attached hydrogen (secondary N) is 1. The summed E-state index contributed by atoms with van der Waals surface area (Å²) in [6.45, 7) is 4.04. The Morgan fingerprint density at radius 3 is 2.72 bits per heavy atom. The molecule has 0 saturated carbocycles. The molecule has 2 heterocycles. The van der Waals surface area contributed by atoms with E-state index in [1.807, 2.05) is 56.3 Å². The summed E-state index contributed by atoms with van der Waals surface area (Å²) in [6.07, 6.45) is 2.29. The van der Waals surface area contributed by atoms with E-state index in [1.54, 1.807) is 17.7 Å². The molecule has 0 spiro atoms. The van der Waals surface area contributed by atoms with Gasteiger partial charge in [-0.05, 0) is 36.6 Å². The number of carbonyl (C=O) groups is 1. The minimum Gasteiger partial charge on any atom is -0.325 e. The van der Waals surface area contributed by atoms with Gasteiger partial charge in [-0.2, -0.15) is 0 Å². The molecule has 0 bridgehead atoms. The van der Waals surface area contributed by atoms with Crippen LogP contribution in [0.5, 0.6) is 0 Å². The van der Waals surface area contributed by atoms with Gasteiger partial charge in [-0.15, -0.1) is 11.3 Å². The number of amides is 1. The maximum Gasteiger partial charge on any atom is 0.237 e. The van der Waals surface area contributed by atoms with Gasteiger partial charge in [-0.3, -0.25) is 4.79 Å². The number of nitrogens with zero attached hydrogens (tertiary/aromatic N) is 2. The highest BCUT2D eigenvalue weighted by atomic mass is 32.2. The fraction of sp³-hybridized carbons (Fsp3) is 0.174. The van der Waals surface area contributed by atoms with Crippen molar-refractivity contribution in [2.75, 3.05) is 5.32 Å². The van der Waals surface area contributed by atoms with E-state index in [9.17, 15) is 4.79 Å². The second-order valence-corrected chi connectivity index (χ2v) is 8.80. The van der Waals surface area contributed by atoms with Crippen molar-refractivity contribution in [1.82, 2.24) is 9.97 Å². The Morgan fingerprint density at radius 1 is 1.14 bits per heavy atom. The van der Waals surface area contributed by atoms with Gasteiger partial charge in [0.15, 0.2) is 0 Å². The Kier molecular flexibility index (Phi) is 5.92. The molecule has 0 radical (unpaired) electrons. The van der Waals surface area contributed by atoms with E-state index in [0.717, 1.165) is 37.6 Å². The number of thioether (sulfide) groups is 1. The molecule has 0 aliphatic heterocycles. The number of carbonyl (C=O) groups excluding carboxylic acids is 1. The zero-order chi connectivity index (χ0) is 20.2. The lowest BCUT2D eigenvalue weighted by Crippen LogP contribution is -2.24. The molecule has 6 heteroatoms. The number of aryl methyl sites for hydroxylation is 1. The Morgan fingerprint density at radius 2 is 1.97 bits per heavy atom. The molecule has 4 nitrogen and oxygen atoms in total. The van der Waals surface area contributed by atoms with Crippen LogP contribution in [0.1, 0.15) is 18.9 Å². The first-order valence-electron chi connectivity index (χ1n) is 9.47. The average molecular weight is 420 g/mol. The third-order valence-corrected chi connectivity index (χ3v) is 6.87. The lowest BCUT2D eigenvalue weighted by molar-refractivity contribution is -0.115. The summed E-state index contributed by atoms with van der Waals surface area (Å²) < 4.78 is 0. The van der Waals surface area contributed by atoms with Crippen molar-refractivity contribution in [3.63, 3.8) is 0 Å². The molecule has 1 atom stereocenters. The minimum atomic E-state index is -0.239. The highest BCUT2D eigenvalue weighted by Crippen LogP contribution is 2.39. The number of thiophene rings is 1. The van der Waals surface area contributed by atoms with Crippen LogP contribution in [0.2, 0.25) is 0 Å². The van der Waals surface area contributed by atoms with Crippen LogP contribution < -0.4 is 5.32 Å². The van der Waals surface area contributed by atoms with Gasteiger partial charge in [0.2, 0.25) is 5.91 Å². The monoisotopic (exact) mass is 419 g/mol. The smallest absolute Gasteiger partial charge is 0.237 e. The van der Waals surface area contributed by atoms with Gasteiger partial charge in [0.1, 0.15) is 16.2 Å². The van der Waals surface area contributed by atoms with Gasteiger partial charge in [0, 0.05) is 16.6 Å². The predicted molar refractivity (Wildman–Crippen MR) is 123 cm³/mol. The fourth-order valence-electron chi connectivity index (χ4n) is 3.17. The number of benzene rings is 2. The third-order valence-electron chi connectivity index (χ3n) is 4.62. The summed E-state index contributed by atoms with van der Waals surface area (Å²) in [5.41, 5.74) is 4.18. The molecule has 2 aromatic carbocycles. The summed E-state index contributed by atoms with van der Waals surface area (Å²) in [6, 6.07) is 18.1. The van der Waals surface area contributed by atoms with Crippen molar-refractivity contribution in [3.8, 4) is 11.1 Å². The standard InChI is InChI=1S/C23H21N3OS2/c1-3-19(21(27)26-17-11-7-8-15(2)12-17)29-23-20-18(16-9-5-4-6-10-16)13-28-22(20)24-14-25-23/h4-14,19H,3H2,1-2H3,(H,26,27). The van der Waals surface area contributed by atoms with Crippen LogP contribution in [-0.2, 0) is 4.79 Å². The Bertz CT molecular complexity index is 1140. The Balaban J connectivity index is 1.64. The van der Waals surface area contributed by atoms with Crippen molar-refractivity contribution in [2.24, 2.45) is 0 Å². The van der Waals surface area contributed by atoms with E-state index < -0.39 is 0 Å². The topological polar surface area (TPSA) is 54.9 Å². The van der Waals surface area contributed by atoms with Crippen LogP contribution in [0.25, 0.3) is 21.3 Å². The van der Waals surface area contributed by atoms with E-state index in [4.69, 9.17) is 0 Å². The first-order valence-corrected chi connectivity index (χ1v) is 11.2. The van der Waals surface area contributed by atoms with Gasteiger partial charge in [-0.1, -0.05) is 61.2 Å². The molecule has 146 valence electrons. The quantitative estimate of drug-likeness (QED) is 0.300. The molecular weight excluding hydrogens is 398 g/mol. The average Bonchev–Trinajstić information content (AvgIpc) is 3.17. The van der Waals surface area contributed by atoms with Crippen LogP contribution in [0, 0.1) is 6.92 Å². The maximum absolute atomic E-state index is 12.9. The van der Waals surface area contributed by atoms with E-state index in [1.165, 1.54) is 11.8 Å². The van der Waals surface area contributed by atoms with Crippen LogP contribution >= 0.6 is 23.1 Å². The molecule has 29 heavy (non-hydrogen) atoms. The van der Waals surface area contributed by atoms with Gasteiger partial charge in [0.05, 0.1) is 10.6 Å². The summed E-state index contributed by atoms with van der Waals surface area (Å²) in [7, 11) is 0. The highest BCUT2D eigenvalue weighted by Gasteiger charge is 2.22. The lowest BCUT2D eigenvalue weighted by atomic mass is 10.1. The second-order valence-electron chi connectivity index (χ2n) is 6.75. The molecule has 1 amide bonds. The van der Waals surface area contributed by atoms with E-state index in [2.05, 4.69) is 32.8 Å². The molecule has 4 aromatic rings. The zero-order valence-electron chi connectivity index (χ0n) is 16.3. The predicted octanol–water partition coefficient (Wildman–Crippen LogP) is 6.18. The molecule has 2 aromatic heterocycles. The van der Waals surface area contributed by atoms with Crippen LogP contribution in [0.3, 0.4) is 0 Å². The molecule has 1 N–H and O–H groups in total. The molecule has 4 rings (SSSR count). The Labute approximate surface area is 178 Å². The lowest BCUT2D eigenvalue weighted by Gasteiger charge is -2.15. The van der Waals surface area contributed by atoms with Crippen LogP contribution in [0.4, 0.5) is 5.69 Å². The van der Waals surface area contributed by atoms with Crippen molar-refractivity contribution < 1.29 is 4.79 Å². The normalized spacial score (nSPS) is 12.1. The molecule has 0 aliphatic rings. The zero-order valence-corrected chi connectivity index (χ0v) is 17.9. The molecule has 0 fully saturated rings. The summed E-state index contributed by atoms with van der Waals surface area (Å²) >= 11 is 3.11. The highest BCUT2D eigenvalue weighted by molar-refractivity contribution is 8.00. The van der Waals surface area contributed by atoms with Crippen molar-refractivity contribution in [1.29, 1.82) is 0 Å². The van der Waals surface area contributed by atoms with Crippen molar-refractivity contribution in [2.45, 2.75) is 30.5 Å². The van der Waals surface area contributed by atoms with Crippen LogP contribution in [0.15, 0.2) is 71.3 Å². The van der Waals surface area contributed by atoms with E-state index in [-0.39, 0.29) is 11.2 Å². The van der Waals surface area contributed by atoms with Gasteiger partial charge >= 0.3 is 0 Å². The summed E-state index contributed by atoms with van der Waals surface area (Å²) in [5.74, 6) is -0.00801.